The minimum atomic E-state index is 0.485. The predicted molar refractivity (Wildman–Crippen MR) is 45.9 cm³/mol. The van der Waals surface area contributed by atoms with Crippen molar-refractivity contribution in [1.82, 2.24) is 9.97 Å². The topological polar surface area (TPSA) is 38.9 Å². The van der Waals surface area contributed by atoms with E-state index in [1.165, 1.54) is 12.0 Å². The van der Waals surface area contributed by atoms with E-state index in [2.05, 4.69) is 23.8 Å². The van der Waals surface area contributed by atoms with Gasteiger partial charge < -0.3 is 4.42 Å². The maximum atomic E-state index is 5.03. The maximum Gasteiger partial charge on any atom is 0.246 e. The summed E-state index contributed by atoms with van der Waals surface area (Å²) in [5.41, 5.74) is 2.64. The van der Waals surface area contributed by atoms with Gasteiger partial charge in [0.25, 0.3) is 0 Å². The molecule has 0 radical (unpaired) electrons. The standard InChI is InChI=1S/C9H10N2O/c1-6(2)7-3-8-9(10-4-7)12-5-11-8/h3-6H,1-2H3. The molecule has 0 amide bonds. The van der Waals surface area contributed by atoms with Gasteiger partial charge in [0.05, 0.1) is 0 Å². The lowest BCUT2D eigenvalue weighted by Crippen LogP contribution is -1.88. The molecule has 0 spiro atoms. The summed E-state index contributed by atoms with van der Waals surface area (Å²) < 4.78 is 5.03. The molecule has 0 atom stereocenters. The highest BCUT2D eigenvalue weighted by molar-refractivity contribution is 5.67. The predicted octanol–water partition coefficient (Wildman–Crippen LogP) is 2.35. The van der Waals surface area contributed by atoms with E-state index in [0.29, 0.717) is 11.6 Å². The first-order valence-corrected chi connectivity index (χ1v) is 3.96. The van der Waals surface area contributed by atoms with Crippen LogP contribution >= 0.6 is 0 Å². The monoisotopic (exact) mass is 162 g/mol. The summed E-state index contributed by atoms with van der Waals surface area (Å²) in [5.74, 6) is 0.485. The molecule has 0 saturated carbocycles. The van der Waals surface area contributed by atoms with Gasteiger partial charge in [-0.3, -0.25) is 0 Å². The van der Waals surface area contributed by atoms with Crippen LogP contribution < -0.4 is 0 Å². The largest absolute Gasteiger partial charge is 0.425 e. The van der Waals surface area contributed by atoms with Crippen LogP contribution in [-0.4, -0.2) is 9.97 Å². The fraction of sp³-hybridized carbons (Fsp3) is 0.333. The van der Waals surface area contributed by atoms with Crippen molar-refractivity contribution in [2.24, 2.45) is 0 Å². The first kappa shape index (κ1) is 7.28. The van der Waals surface area contributed by atoms with Gasteiger partial charge in [-0.1, -0.05) is 13.8 Å². The smallest absolute Gasteiger partial charge is 0.246 e. The molecule has 0 aliphatic carbocycles. The zero-order valence-electron chi connectivity index (χ0n) is 7.11. The van der Waals surface area contributed by atoms with E-state index >= 15 is 0 Å². The van der Waals surface area contributed by atoms with Crippen molar-refractivity contribution >= 4 is 11.2 Å². The third-order valence-electron chi connectivity index (χ3n) is 1.88. The molecule has 0 unspecified atom stereocenters. The Hall–Kier alpha value is -1.38. The molecular formula is C9H10N2O. The van der Waals surface area contributed by atoms with E-state index in [-0.39, 0.29) is 0 Å². The van der Waals surface area contributed by atoms with Gasteiger partial charge in [0.2, 0.25) is 5.71 Å². The average Bonchev–Trinajstić information content (AvgIpc) is 2.49. The molecule has 2 aromatic rings. The van der Waals surface area contributed by atoms with E-state index < -0.39 is 0 Å². The van der Waals surface area contributed by atoms with Crippen molar-refractivity contribution < 1.29 is 4.42 Å². The number of hydrogen-bond donors (Lipinski definition) is 0. The Morgan fingerprint density at radius 1 is 1.33 bits per heavy atom. The lowest BCUT2D eigenvalue weighted by molar-refractivity contribution is 0.590. The van der Waals surface area contributed by atoms with Crippen molar-refractivity contribution in [1.29, 1.82) is 0 Å². The fourth-order valence-electron chi connectivity index (χ4n) is 1.09. The van der Waals surface area contributed by atoms with Gasteiger partial charge in [-0.15, -0.1) is 0 Å². The second-order valence-corrected chi connectivity index (χ2v) is 3.10. The number of rotatable bonds is 1. The molecule has 62 valence electrons. The number of hydrogen-bond acceptors (Lipinski definition) is 3. The Morgan fingerprint density at radius 3 is 2.92 bits per heavy atom. The Bertz CT molecular complexity index is 392. The second kappa shape index (κ2) is 2.59. The van der Waals surface area contributed by atoms with Crippen molar-refractivity contribution in [3.63, 3.8) is 0 Å². The number of pyridine rings is 1. The summed E-state index contributed by atoms with van der Waals surface area (Å²) in [6.45, 7) is 4.26. The second-order valence-electron chi connectivity index (χ2n) is 3.10. The van der Waals surface area contributed by atoms with E-state index in [0.717, 1.165) is 5.52 Å². The Morgan fingerprint density at radius 2 is 2.17 bits per heavy atom. The van der Waals surface area contributed by atoms with Crippen LogP contribution in [0.5, 0.6) is 0 Å². The lowest BCUT2D eigenvalue weighted by Gasteiger charge is -2.01. The summed E-state index contributed by atoms with van der Waals surface area (Å²) >= 11 is 0. The van der Waals surface area contributed by atoms with E-state index in [9.17, 15) is 0 Å². The van der Waals surface area contributed by atoms with Crippen molar-refractivity contribution in [2.75, 3.05) is 0 Å². The van der Waals surface area contributed by atoms with Crippen LogP contribution in [0.3, 0.4) is 0 Å². The summed E-state index contributed by atoms with van der Waals surface area (Å²) in [6.07, 6.45) is 3.25. The third kappa shape index (κ3) is 1.07. The number of nitrogens with zero attached hydrogens (tertiary/aromatic N) is 2. The maximum absolute atomic E-state index is 5.03. The first-order chi connectivity index (χ1) is 5.77. The molecule has 3 nitrogen and oxygen atoms in total. The van der Waals surface area contributed by atoms with Crippen LogP contribution in [0.15, 0.2) is 23.1 Å². The highest BCUT2D eigenvalue weighted by Gasteiger charge is 2.03. The molecular weight excluding hydrogens is 152 g/mol. The quantitative estimate of drug-likeness (QED) is 0.646. The minimum absolute atomic E-state index is 0.485. The van der Waals surface area contributed by atoms with Crippen molar-refractivity contribution in [3.05, 3.63) is 24.2 Å². The summed E-state index contributed by atoms with van der Waals surface area (Å²) in [4.78, 5) is 8.17. The molecule has 0 aliphatic rings. The van der Waals surface area contributed by atoms with E-state index in [1.807, 2.05) is 12.3 Å². The SMILES string of the molecule is CC(C)c1cnc2ocnc2c1. The minimum Gasteiger partial charge on any atom is -0.425 e. The molecule has 12 heavy (non-hydrogen) atoms. The number of fused-ring (bicyclic) bond motifs is 1. The molecule has 2 aromatic heterocycles. The molecule has 0 aliphatic heterocycles. The molecule has 2 heterocycles. The lowest BCUT2D eigenvalue weighted by atomic mass is 10.1. The molecule has 0 bridgehead atoms. The van der Waals surface area contributed by atoms with Crippen LogP contribution in [0, 0.1) is 0 Å². The summed E-state index contributed by atoms with van der Waals surface area (Å²) in [7, 11) is 0. The van der Waals surface area contributed by atoms with Crippen molar-refractivity contribution in [2.45, 2.75) is 19.8 Å². The van der Waals surface area contributed by atoms with Crippen LogP contribution in [0.25, 0.3) is 11.2 Å². The first-order valence-electron chi connectivity index (χ1n) is 3.96. The van der Waals surface area contributed by atoms with Gasteiger partial charge in [0.1, 0.15) is 5.52 Å². The average molecular weight is 162 g/mol. The number of oxazole rings is 1. The molecule has 0 aromatic carbocycles. The molecule has 2 rings (SSSR count). The van der Waals surface area contributed by atoms with Gasteiger partial charge in [0.15, 0.2) is 6.39 Å². The summed E-state index contributed by atoms with van der Waals surface area (Å²) in [6, 6.07) is 2.01. The van der Waals surface area contributed by atoms with Gasteiger partial charge >= 0.3 is 0 Å². The summed E-state index contributed by atoms with van der Waals surface area (Å²) in [5, 5.41) is 0. The molecule has 0 N–H and O–H groups in total. The highest BCUT2D eigenvalue weighted by Crippen LogP contribution is 2.17. The van der Waals surface area contributed by atoms with Crippen LogP contribution in [0.4, 0.5) is 0 Å². The Kier molecular flexibility index (Phi) is 1.57. The van der Waals surface area contributed by atoms with Gasteiger partial charge in [-0.25, -0.2) is 9.97 Å². The third-order valence-corrected chi connectivity index (χ3v) is 1.88. The number of aromatic nitrogens is 2. The van der Waals surface area contributed by atoms with Gasteiger partial charge in [-0.05, 0) is 17.5 Å². The van der Waals surface area contributed by atoms with Crippen LogP contribution in [0.1, 0.15) is 25.3 Å². The van der Waals surface area contributed by atoms with Crippen LogP contribution in [-0.2, 0) is 0 Å². The normalized spacial score (nSPS) is 11.2. The fourth-order valence-corrected chi connectivity index (χ4v) is 1.09. The van der Waals surface area contributed by atoms with Crippen molar-refractivity contribution in [3.8, 4) is 0 Å². The highest BCUT2D eigenvalue weighted by atomic mass is 16.3. The van der Waals surface area contributed by atoms with E-state index in [4.69, 9.17) is 4.42 Å². The Labute approximate surface area is 70.4 Å². The van der Waals surface area contributed by atoms with E-state index in [1.54, 1.807) is 0 Å². The van der Waals surface area contributed by atoms with Gasteiger partial charge in [0, 0.05) is 6.20 Å². The zero-order valence-corrected chi connectivity index (χ0v) is 7.11. The Balaban J connectivity index is 2.60. The zero-order chi connectivity index (χ0) is 8.55. The molecule has 3 heteroatoms. The molecule has 0 fully saturated rings. The van der Waals surface area contributed by atoms with Gasteiger partial charge in [-0.2, -0.15) is 0 Å². The van der Waals surface area contributed by atoms with Crippen LogP contribution in [0.2, 0.25) is 0 Å². The molecule has 0 saturated heterocycles.